The molecule has 0 saturated heterocycles. The van der Waals surface area contributed by atoms with Gasteiger partial charge in [-0.3, -0.25) is 0 Å². The predicted molar refractivity (Wildman–Crippen MR) is 94.3 cm³/mol. The minimum Gasteiger partial charge on any atom is -0.489 e. The van der Waals surface area contributed by atoms with E-state index >= 15 is 0 Å². The smallest absolute Gasteiger partial charge is 0.335 e. The number of ether oxygens (including phenoxy) is 1. The molecule has 1 N–H and O–H groups in total. The molecular weight excluding hydrogens is 300 g/mol. The Morgan fingerprint density at radius 1 is 0.917 bits per heavy atom. The first kappa shape index (κ1) is 15.8. The number of aryl methyl sites for hydroxylation is 1. The molecule has 3 aromatic carbocycles. The maximum atomic E-state index is 10.9. The van der Waals surface area contributed by atoms with Crippen LogP contribution in [0.2, 0.25) is 0 Å². The highest BCUT2D eigenvalue weighted by Gasteiger charge is 2.03. The fraction of sp³-hybridized carbons (Fsp3) is 0.0952. The van der Waals surface area contributed by atoms with Crippen LogP contribution in [0.15, 0.2) is 72.8 Å². The van der Waals surface area contributed by atoms with Crippen molar-refractivity contribution in [1.29, 1.82) is 0 Å². The van der Waals surface area contributed by atoms with Crippen LogP contribution in [-0.2, 0) is 6.61 Å². The van der Waals surface area contributed by atoms with Gasteiger partial charge in [-0.25, -0.2) is 4.79 Å². The summed E-state index contributed by atoms with van der Waals surface area (Å²) in [5, 5.41) is 8.91. The van der Waals surface area contributed by atoms with Crippen LogP contribution in [0.25, 0.3) is 11.1 Å². The lowest BCUT2D eigenvalue weighted by Crippen LogP contribution is -1.99. The van der Waals surface area contributed by atoms with E-state index in [0.29, 0.717) is 6.61 Å². The molecule has 0 bridgehead atoms. The van der Waals surface area contributed by atoms with Crippen LogP contribution in [0.4, 0.5) is 0 Å². The van der Waals surface area contributed by atoms with E-state index in [1.54, 1.807) is 24.3 Å². The molecule has 3 aromatic rings. The molecule has 0 aliphatic rings. The van der Waals surface area contributed by atoms with Gasteiger partial charge in [-0.1, -0.05) is 54.1 Å². The van der Waals surface area contributed by atoms with Crippen molar-refractivity contribution < 1.29 is 14.6 Å². The van der Waals surface area contributed by atoms with Crippen LogP contribution >= 0.6 is 0 Å². The summed E-state index contributed by atoms with van der Waals surface area (Å²) in [4.78, 5) is 10.9. The highest BCUT2D eigenvalue weighted by Crippen LogP contribution is 2.24. The van der Waals surface area contributed by atoms with E-state index in [1.807, 2.05) is 18.2 Å². The van der Waals surface area contributed by atoms with Crippen LogP contribution in [-0.4, -0.2) is 11.1 Å². The van der Waals surface area contributed by atoms with E-state index < -0.39 is 5.97 Å². The van der Waals surface area contributed by atoms with E-state index in [1.165, 1.54) is 5.56 Å². The maximum absolute atomic E-state index is 10.9. The quantitative estimate of drug-likeness (QED) is 0.725. The fourth-order valence-corrected chi connectivity index (χ4v) is 2.42. The number of carbonyl (C=O) groups is 1. The second kappa shape index (κ2) is 7.01. The van der Waals surface area contributed by atoms with Crippen molar-refractivity contribution in [2.45, 2.75) is 13.5 Å². The van der Waals surface area contributed by atoms with Gasteiger partial charge in [0.1, 0.15) is 12.4 Å². The zero-order valence-electron chi connectivity index (χ0n) is 13.4. The Labute approximate surface area is 141 Å². The van der Waals surface area contributed by atoms with Gasteiger partial charge in [-0.15, -0.1) is 0 Å². The topological polar surface area (TPSA) is 46.5 Å². The Balaban J connectivity index is 1.70. The third kappa shape index (κ3) is 3.82. The van der Waals surface area contributed by atoms with E-state index in [9.17, 15) is 4.79 Å². The lowest BCUT2D eigenvalue weighted by atomic mass is 10.0. The summed E-state index contributed by atoms with van der Waals surface area (Å²) in [5.74, 6) is -0.136. The number of benzene rings is 3. The van der Waals surface area contributed by atoms with Crippen LogP contribution in [0.1, 0.15) is 21.5 Å². The van der Waals surface area contributed by atoms with Crippen molar-refractivity contribution in [2.24, 2.45) is 0 Å². The molecule has 0 atom stereocenters. The molecule has 3 rings (SSSR count). The summed E-state index contributed by atoms with van der Waals surface area (Å²) in [5.41, 5.74) is 4.70. The Morgan fingerprint density at radius 3 is 2.29 bits per heavy atom. The lowest BCUT2D eigenvalue weighted by Gasteiger charge is -2.09. The molecule has 0 unspecified atom stereocenters. The van der Waals surface area contributed by atoms with Gasteiger partial charge in [0.2, 0.25) is 0 Å². The Hall–Kier alpha value is -3.07. The average Bonchev–Trinajstić information content (AvgIpc) is 2.61. The molecule has 0 heterocycles. The number of hydrogen-bond donors (Lipinski definition) is 1. The molecule has 0 saturated carbocycles. The molecule has 0 aromatic heterocycles. The first-order chi connectivity index (χ1) is 11.6. The molecule has 3 heteroatoms. The zero-order chi connectivity index (χ0) is 16.9. The van der Waals surface area contributed by atoms with Crippen LogP contribution in [0.3, 0.4) is 0 Å². The second-order valence-corrected chi connectivity index (χ2v) is 5.68. The minimum atomic E-state index is -0.923. The molecule has 0 aliphatic heterocycles. The number of aromatic carboxylic acids is 1. The number of hydrogen-bond acceptors (Lipinski definition) is 2. The molecule has 120 valence electrons. The molecule has 0 fully saturated rings. The highest BCUT2D eigenvalue weighted by molar-refractivity contribution is 5.87. The average molecular weight is 318 g/mol. The summed E-state index contributed by atoms with van der Waals surface area (Å²) in [6, 6.07) is 23.0. The van der Waals surface area contributed by atoms with Crippen molar-refractivity contribution >= 4 is 5.97 Å². The van der Waals surface area contributed by atoms with E-state index in [2.05, 4.69) is 37.3 Å². The van der Waals surface area contributed by atoms with Crippen molar-refractivity contribution in [3.63, 3.8) is 0 Å². The second-order valence-electron chi connectivity index (χ2n) is 5.68. The first-order valence-electron chi connectivity index (χ1n) is 7.74. The lowest BCUT2D eigenvalue weighted by molar-refractivity contribution is 0.0697. The summed E-state index contributed by atoms with van der Waals surface area (Å²) < 4.78 is 5.83. The Bertz CT molecular complexity index is 834. The molecule has 0 spiro atoms. The molecule has 0 amide bonds. The molecule has 0 radical (unpaired) electrons. The van der Waals surface area contributed by atoms with Gasteiger partial charge >= 0.3 is 5.97 Å². The van der Waals surface area contributed by atoms with E-state index in [0.717, 1.165) is 22.4 Å². The highest BCUT2D eigenvalue weighted by atomic mass is 16.5. The maximum Gasteiger partial charge on any atom is 0.335 e. The van der Waals surface area contributed by atoms with Crippen LogP contribution in [0.5, 0.6) is 5.75 Å². The fourth-order valence-electron chi connectivity index (χ4n) is 2.42. The zero-order valence-corrected chi connectivity index (χ0v) is 13.4. The van der Waals surface area contributed by atoms with Gasteiger partial charge < -0.3 is 9.84 Å². The van der Waals surface area contributed by atoms with Gasteiger partial charge in [0.25, 0.3) is 0 Å². The standard InChI is InChI=1S/C21H18O3/c1-15-5-9-17(10-6-15)19-3-2-4-20(13-19)24-14-16-7-11-18(12-8-16)21(22)23/h2-13H,14H2,1H3,(H,22,23). The predicted octanol–water partition coefficient (Wildman–Crippen LogP) is 4.94. The Kier molecular flexibility index (Phi) is 4.62. The molecule has 0 aliphatic carbocycles. The SMILES string of the molecule is Cc1ccc(-c2cccc(OCc3ccc(C(=O)O)cc3)c2)cc1. The first-order valence-corrected chi connectivity index (χ1v) is 7.74. The van der Waals surface area contributed by atoms with Crippen LogP contribution in [0, 0.1) is 6.92 Å². The third-order valence-electron chi connectivity index (χ3n) is 3.83. The number of carboxylic acid groups (broad SMARTS) is 1. The normalized spacial score (nSPS) is 10.4. The van der Waals surface area contributed by atoms with Gasteiger partial charge in [-0.2, -0.15) is 0 Å². The summed E-state index contributed by atoms with van der Waals surface area (Å²) >= 11 is 0. The summed E-state index contributed by atoms with van der Waals surface area (Å²) in [6.07, 6.45) is 0. The molecular formula is C21H18O3. The molecule has 3 nitrogen and oxygen atoms in total. The van der Waals surface area contributed by atoms with Crippen molar-refractivity contribution in [3.05, 3.63) is 89.5 Å². The van der Waals surface area contributed by atoms with E-state index in [4.69, 9.17) is 9.84 Å². The van der Waals surface area contributed by atoms with Gasteiger partial charge in [0, 0.05) is 0 Å². The minimum absolute atomic E-state index is 0.278. The number of carboxylic acids is 1. The van der Waals surface area contributed by atoms with Gasteiger partial charge in [0.05, 0.1) is 5.56 Å². The Morgan fingerprint density at radius 2 is 1.62 bits per heavy atom. The van der Waals surface area contributed by atoms with Crippen molar-refractivity contribution in [2.75, 3.05) is 0 Å². The van der Waals surface area contributed by atoms with Crippen molar-refractivity contribution in [1.82, 2.24) is 0 Å². The molecule has 24 heavy (non-hydrogen) atoms. The van der Waals surface area contributed by atoms with E-state index in [-0.39, 0.29) is 5.56 Å². The van der Waals surface area contributed by atoms with Gasteiger partial charge in [0.15, 0.2) is 0 Å². The summed E-state index contributed by atoms with van der Waals surface area (Å²) in [7, 11) is 0. The van der Waals surface area contributed by atoms with Gasteiger partial charge in [-0.05, 0) is 47.9 Å². The monoisotopic (exact) mass is 318 g/mol. The third-order valence-corrected chi connectivity index (χ3v) is 3.83. The number of rotatable bonds is 5. The van der Waals surface area contributed by atoms with Crippen molar-refractivity contribution in [3.8, 4) is 16.9 Å². The largest absolute Gasteiger partial charge is 0.489 e. The van der Waals surface area contributed by atoms with Crippen LogP contribution < -0.4 is 4.74 Å². The summed E-state index contributed by atoms with van der Waals surface area (Å²) in [6.45, 7) is 2.47.